The second-order valence-electron chi connectivity index (χ2n) is 9.87. The fourth-order valence-electron chi connectivity index (χ4n) is 4.22. The Morgan fingerprint density at radius 3 is 2.30 bits per heavy atom. The van der Waals surface area contributed by atoms with Crippen LogP contribution >= 0.6 is 12.2 Å². The molecule has 1 saturated heterocycles. The number of amides is 1. The van der Waals surface area contributed by atoms with Crippen LogP contribution in [-0.4, -0.2) is 44.3 Å². The number of aromatic nitrogens is 3. The maximum absolute atomic E-state index is 12.4. The number of carbonyl (C=O) groups excluding carboxylic acids is 1. The quantitative estimate of drug-likeness (QED) is 0.554. The van der Waals surface area contributed by atoms with Crippen molar-refractivity contribution < 1.29 is 4.79 Å². The molecule has 2 heterocycles. The smallest absolute Gasteiger partial charge is 0.251 e. The summed E-state index contributed by atoms with van der Waals surface area (Å²) in [5.41, 5.74) is 3.20. The van der Waals surface area contributed by atoms with E-state index < -0.39 is 0 Å². The first-order chi connectivity index (χ1) is 15.7. The monoisotopic (exact) mass is 463 g/mol. The van der Waals surface area contributed by atoms with Crippen molar-refractivity contribution in [1.29, 1.82) is 0 Å². The van der Waals surface area contributed by atoms with Crippen molar-refractivity contribution in [3.63, 3.8) is 0 Å². The van der Waals surface area contributed by atoms with E-state index in [1.54, 1.807) is 0 Å². The first kappa shape index (κ1) is 23.4. The van der Waals surface area contributed by atoms with Crippen molar-refractivity contribution in [3.8, 4) is 11.4 Å². The lowest BCUT2D eigenvalue weighted by Gasteiger charge is -2.32. The number of benzene rings is 2. The first-order valence-corrected chi connectivity index (χ1v) is 12.0. The van der Waals surface area contributed by atoms with E-state index in [0.717, 1.165) is 37.3 Å². The molecule has 0 bridgehead atoms. The number of nitrogens with one attached hydrogen (secondary N) is 1. The number of rotatable bonds is 5. The van der Waals surface area contributed by atoms with Crippen LogP contribution in [0.5, 0.6) is 0 Å². The minimum Gasteiger partial charge on any atom is -0.349 e. The zero-order chi connectivity index (χ0) is 23.6. The van der Waals surface area contributed by atoms with Crippen LogP contribution in [-0.2, 0) is 19.1 Å². The van der Waals surface area contributed by atoms with Gasteiger partial charge in [-0.2, -0.15) is 5.10 Å². The molecule has 1 aromatic heterocycles. The normalized spacial score (nSPS) is 15.5. The molecule has 1 amide bonds. The molecule has 4 rings (SSSR count). The van der Waals surface area contributed by atoms with E-state index in [1.165, 1.54) is 5.56 Å². The van der Waals surface area contributed by atoms with Gasteiger partial charge in [-0.15, -0.1) is 0 Å². The van der Waals surface area contributed by atoms with E-state index in [0.29, 0.717) is 17.0 Å². The zero-order valence-corrected chi connectivity index (χ0v) is 20.7. The Morgan fingerprint density at radius 1 is 1.06 bits per heavy atom. The number of piperidine rings is 1. The Hall–Kier alpha value is -2.77. The van der Waals surface area contributed by atoms with Crippen molar-refractivity contribution >= 4 is 18.1 Å². The number of hydrogen-bond donors (Lipinski definition) is 1. The van der Waals surface area contributed by atoms with Crippen LogP contribution in [0.15, 0.2) is 54.6 Å². The molecule has 0 aliphatic carbocycles. The second kappa shape index (κ2) is 9.61. The van der Waals surface area contributed by atoms with Gasteiger partial charge in [0.2, 0.25) is 0 Å². The minimum atomic E-state index is 0.00289. The van der Waals surface area contributed by atoms with E-state index in [9.17, 15) is 4.79 Å². The molecule has 7 heteroatoms. The highest BCUT2D eigenvalue weighted by Crippen LogP contribution is 2.25. The van der Waals surface area contributed by atoms with Crippen LogP contribution in [0.1, 0.15) is 49.5 Å². The predicted molar refractivity (Wildman–Crippen MR) is 135 cm³/mol. The van der Waals surface area contributed by atoms with Crippen LogP contribution in [0.2, 0.25) is 0 Å². The largest absolute Gasteiger partial charge is 0.349 e. The van der Waals surface area contributed by atoms with Gasteiger partial charge in [-0.05, 0) is 48.2 Å². The lowest BCUT2D eigenvalue weighted by atomic mass is 9.87. The maximum atomic E-state index is 12.4. The summed E-state index contributed by atoms with van der Waals surface area (Å²) >= 11 is 5.68. The van der Waals surface area contributed by atoms with Crippen LogP contribution in [0.3, 0.4) is 0 Å². The molecular weight excluding hydrogens is 430 g/mol. The van der Waals surface area contributed by atoms with Crippen molar-refractivity contribution in [3.05, 3.63) is 70.5 Å². The zero-order valence-electron chi connectivity index (χ0n) is 19.9. The van der Waals surface area contributed by atoms with Gasteiger partial charge in [-0.25, -0.2) is 4.68 Å². The average Bonchev–Trinajstić information content (AvgIpc) is 3.09. The van der Waals surface area contributed by atoms with E-state index in [-0.39, 0.29) is 17.4 Å². The number of nitrogens with zero attached hydrogens (tertiary/aromatic N) is 4. The van der Waals surface area contributed by atoms with Crippen molar-refractivity contribution in [2.24, 2.45) is 7.05 Å². The Kier molecular flexibility index (Phi) is 6.81. The third kappa shape index (κ3) is 5.42. The summed E-state index contributed by atoms with van der Waals surface area (Å²) < 4.78 is 4.60. The molecule has 0 unspecified atom stereocenters. The van der Waals surface area contributed by atoms with Gasteiger partial charge in [0.1, 0.15) is 0 Å². The summed E-state index contributed by atoms with van der Waals surface area (Å²) in [4.78, 5) is 14.8. The third-order valence-electron chi connectivity index (χ3n) is 6.34. The van der Waals surface area contributed by atoms with E-state index in [4.69, 9.17) is 17.3 Å². The van der Waals surface area contributed by atoms with Gasteiger partial charge >= 0.3 is 0 Å². The van der Waals surface area contributed by atoms with Gasteiger partial charge in [-0.1, -0.05) is 63.2 Å². The fraction of sp³-hybridized carbons (Fsp3) is 0.423. The molecule has 1 aliphatic rings. The molecule has 0 spiro atoms. The Bertz CT molecular complexity index is 1150. The van der Waals surface area contributed by atoms with Gasteiger partial charge in [0.05, 0.1) is 6.67 Å². The highest BCUT2D eigenvalue weighted by Gasteiger charge is 2.22. The summed E-state index contributed by atoms with van der Waals surface area (Å²) in [6, 6.07) is 18.2. The standard InChI is InChI=1S/C26H33N5OS/c1-26(2,3)21-12-10-19(11-13-21)23-28-31(25(33)29(23)4)18-30-16-14-22(15-17-30)27-24(32)20-8-6-5-7-9-20/h5-13,22H,14-18H2,1-4H3,(H,27,32). The fourth-order valence-corrected chi connectivity index (χ4v) is 4.40. The molecule has 0 atom stereocenters. The molecule has 33 heavy (non-hydrogen) atoms. The topological polar surface area (TPSA) is 55.1 Å². The number of hydrogen-bond acceptors (Lipinski definition) is 4. The SMILES string of the molecule is Cn1c(-c2ccc(C(C)(C)C)cc2)nn(CN2CCC(NC(=O)c3ccccc3)CC2)c1=S. The van der Waals surface area contributed by atoms with E-state index in [2.05, 4.69) is 55.3 Å². The lowest BCUT2D eigenvalue weighted by Crippen LogP contribution is -2.45. The lowest BCUT2D eigenvalue weighted by molar-refractivity contribution is 0.0896. The molecule has 1 aliphatic heterocycles. The average molecular weight is 464 g/mol. The van der Waals surface area contributed by atoms with Crippen molar-refractivity contribution in [2.75, 3.05) is 13.1 Å². The molecule has 0 radical (unpaired) electrons. The maximum Gasteiger partial charge on any atom is 0.251 e. The Balaban J connectivity index is 1.37. The molecule has 1 fully saturated rings. The molecular formula is C26H33N5OS. The van der Waals surface area contributed by atoms with Gasteiger partial charge in [0.15, 0.2) is 10.6 Å². The number of likely N-dealkylation sites (tertiary alicyclic amines) is 1. The molecule has 3 aromatic rings. The van der Waals surface area contributed by atoms with E-state index >= 15 is 0 Å². The summed E-state index contributed by atoms with van der Waals surface area (Å²) in [5.74, 6) is 0.883. The van der Waals surface area contributed by atoms with Gasteiger partial charge in [-0.3, -0.25) is 9.69 Å². The van der Waals surface area contributed by atoms with Crippen LogP contribution in [0.4, 0.5) is 0 Å². The summed E-state index contributed by atoms with van der Waals surface area (Å²) in [7, 11) is 1.98. The minimum absolute atomic E-state index is 0.00289. The van der Waals surface area contributed by atoms with Crippen LogP contribution in [0.25, 0.3) is 11.4 Å². The summed E-state index contributed by atoms with van der Waals surface area (Å²) in [6.45, 7) is 9.10. The Labute approximate surface area is 201 Å². The Morgan fingerprint density at radius 2 is 1.70 bits per heavy atom. The van der Waals surface area contributed by atoms with Crippen LogP contribution < -0.4 is 5.32 Å². The molecule has 0 saturated carbocycles. The van der Waals surface area contributed by atoms with Gasteiger partial charge in [0, 0.05) is 37.3 Å². The molecule has 6 nitrogen and oxygen atoms in total. The molecule has 174 valence electrons. The van der Waals surface area contributed by atoms with Gasteiger partial charge in [0.25, 0.3) is 5.91 Å². The molecule has 2 aromatic carbocycles. The van der Waals surface area contributed by atoms with Gasteiger partial charge < -0.3 is 9.88 Å². The van der Waals surface area contributed by atoms with Crippen molar-refractivity contribution in [2.45, 2.75) is 51.7 Å². The number of carbonyl (C=O) groups is 1. The first-order valence-electron chi connectivity index (χ1n) is 11.6. The highest BCUT2D eigenvalue weighted by molar-refractivity contribution is 7.71. The second-order valence-corrected chi connectivity index (χ2v) is 10.2. The van der Waals surface area contributed by atoms with Crippen molar-refractivity contribution in [1.82, 2.24) is 24.6 Å². The molecule has 1 N–H and O–H groups in total. The van der Waals surface area contributed by atoms with E-state index in [1.807, 2.05) is 46.6 Å². The predicted octanol–water partition coefficient (Wildman–Crippen LogP) is 4.77. The summed E-state index contributed by atoms with van der Waals surface area (Å²) in [5, 5.41) is 8.00. The summed E-state index contributed by atoms with van der Waals surface area (Å²) in [6.07, 6.45) is 1.83. The van der Waals surface area contributed by atoms with Crippen LogP contribution in [0, 0.1) is 4.77 Å². The highest BCUT2D eigenvalue weighted by atomic mass is 32.1. The third-order valence-corrected chi connectivity index (χ3v) is 6.83.